The smallest absolute Gasteiger partial charge is 0.271 e. The van der Waals surface area contributed by atoms with Gasteiger partial charge in [-0.05, 0) is 37.5 Å². The maximum atomic E-state index is 13.6. The summed E-state index contributed by atoms with van der Waals surface area (Å²) in [5, 5.41) is 12.8. The molecule has 1 unspecified atom stereocenters. The van der Waals surface area contributed by atoms with Crippen molar-refractivity contribution in [2.45, 2.75) is 63.7 Å². The number of carbonyl (C=O) groups is 2. The van der Waals surface area contributed by atoms with Crippen molar-refractivity contribution in [2.75, 3.05) is 0 Å². The molecule has 2 aromatic heterocycles. The molecule has 7 nitrogen and oxygen atoms in total. The summed E-state index contributed by atoms with van der Waals surface area (Å²) in [5.74, 6) is -0.157. The number of benzene rings is 1. The van der Waals surface area contributed by atoms with Crippen molar-refractivity contribution in [3.63, 3.8) is 0 Å². The quantitative estimate of drug-likeness (QED) is 0.671. The van der Waals surface area contributed by atoms with Gasteiger partial charge in [0.2, 0.25) is 5.91 Å². The molecule has 0 radical (unpaired) electrons. The van der Waals surface area contributed by atoms with E-state index in [2.05, 4.69) is 5.32 Å². The van der Waals surface area contributed by atoms with Gasteiger partial charge in [0.25, 0.3) is 5.91 Å². The largest absolute Gasteiger partial charge is 0.508 e. The molecule has 0 bridgehead atoms. The second-order valence-electron chi connectivity index (χ2n) is 8.93. The summed E-state index contributed by atoms with van der Waals surface area (Å²) in [7, 11) is 0. The molecular weight excluding hydrogens is 394 g/mol. The van der Waals surface area contributed by atoms with Gasteiger partial charge < -0.3 is 24.3 Å². The maximum Gasteiger partial charge on any atom is 0.271 e. The lowest BCUT2D eigenvalue weighted by molar-refractivity contribution is -0.134. The number of phenols is 1. The van der Waals surface area contributed by atoms with Crippen molar-refractivity contribution in [1.29, 1.82) is 0 Å². The number of amides is 2. The Kier molecular flexibility index (Phi) is 4.76. The third-order valence-corrected chi connectivity index (χ3v) is 6.76. The average Bonchev–Trinajstić information content (AvgIpc) is 3.36. The Morgan fingerprint density at radius 2 is 1.94 bits per heavy atom. The van der Waals surface area contributed by atoms with Crippen LogP contribution in [0, 0.1) is 0 Å². The van der Waals surface area contributed by atoms with Gasteiger partial charge in [0.05, 0.1) is 18.3 Å². The Hall–Kier alpha value is -3.22. The van der Waals surface area contributed by atoms with E-state index in [1.54, 1.807) is 41.5 Å². The second-order valence-corrected chi connectivity index (χ2v) is 8.93. The number of hydrogen-bond acceptors (Lipinski definition) is 4. The van der Waals surface area contributed by atoms with Gasteiger partial charge >= 0.3 is 0 Å². The molecule has 3 heterocycles. The van der Waals surface area contributed by atoms with Crippen LogP contribution in [0.25, 0.3) is 11.1 Å². The van der Waals surface area contributed by atoms with Gasteiger partial charge in [-0.25, -0.2) is 0 Å². The van der Waals surface area contributed by atoms with E-state index in [-0.39, 0.29) is 30.2 Å². The molecule has 162 valence electrons. The summed E-state index contributed by atoms with van der Waals surface area (Å²) in [6, 6.07) is 10.5. The molecule has 0 spiro atoms. The molecule has 1 aliphatic heterocycles. The second kappa shape index (κ2) is 7.48. The third kappa shape index (κ3) is 3.38. The molecule has 5 rings (SSSR count). The van der Waals surface area contributed by atoms with Crippen molar-refractivity contribution >= 4 is 22.9 Å². The number of furan rings is 1. The van der Waals surface area contributed by atoms with Crippen molar-refractivity contribution in [3.05, 3.63) is 53.9 Å². The van der Waals surface area contributed by atoms with Crippen molar-refractivity contribution in [1.82, 2.24) is 14.8 Å². The van der Waals surface area contributed by atoms with E-state index < -0.39 is 5.54 Å². The van der Waals surface area contributed by atoms with Gasteiger partial charge in [-0.3, -0.25) is 9.59 Å². The van der Waals surface area contributed by atoms with Crippen molar-refractivity contribution < 1.29 is 19.1 Å². The molecule has 3 aromatic rings. The summed E-state index contributed by atoms with van der Waals surface area (Å²) in [6.45, 7) is 2.48. The third-order valence-electron chi connectivity index (χ3n) is 6.76. The molecule has 1 saturated carbocycles. The molecule has 2 N–H and O–H groups in total. The number of hydrogen-bond donors (Lipinski definition) is 2. The number of rotatable bonds is 4. The van der Waals surface area contributed by atoms with E-state index >= 15 is 0 Å². The fraction of sp³-hybridized carbons (Fsp3) is 0.417. The van der Waals surface area contributed by atoms with Crippen LogP contribution in [0.2, 0.25) is 0 Å². The number of carbonyl (C=O) groups excluding carboxylic acids is 2. The first-order valence-electron chi connectivity index (χ1n) is 10.9. The zero-order valence-electron chi connectivity index (χ0n) is 17.6. The minimum Gasteiger partial charge on any atom is -0.508 e. The van der Waals surface area contributed by atoms with Gasteiger partial charge in [0, 0.05) is 24.7 Å². The van der Waals surface area contributed by atoms with Gasteiger partial charge in [-0.2, -0.15) is 0 Å². The van der Waals surface area contributed by atoms with Gasteiger partial charge in [0.15, 0.2) is 5.58 Å². The molecule has 1 aromatic carbocycles. The predicted octanol–water partition coefficient (Wildman–Crippen LogP) is 3.80. The molecule has 1 atom stereocenters. The highest BCUT2D eigenvalue weighted by atomic mass is 16.3. The summed E-state index contributed by atoms with van der Waals surface area (Å²) < 4.78 is 7.41. The number of aromatic nitrogens is 1. The summed E-state index contributed by atoms with van der Waals surface area (Å²) in [6.07, 6.45) is 7.01. The number of nitrogens with zero attached hydrogens (tertiary/aromatic N) is 2. The molecule has 1 fully saturated rings. The molecule has 0 saturated heterocycles. The van der Waals surface area contributed by atoms with Gasteiger partial charge in [-0.1, -0.05) is 31.4 Å². The highest BCUT2D eigenvalue weighted by Gasteiger charge is 2.48. The number of nitrogens with one attached hydrogen (secondary N) is 1. The van der Waals surface area contributed by atoms with Crippen LogP contribution in [0.3, 0.4) is 0 Å². The predicted molar refractivity (Wildman–Crippen MR) is 116 cm³/mol. The normalized spacial score (nSPS) is 22.0. The fourth-order valence-electron chi connectivity index (χ4n) is 4.89. The first-order chi connectivity index (χ1) is 15.0. The van der Waals surface area contributed by atoms with Crippen LogP contribution in [-0.2, 0) is 17.9 Å². The fourth-order valence-corrected chi connectivity index (χ4v) is 4.89. The van der Waals surface area contributed by atoms with E-state index in [1.807, 2.05) is 17.6 Å². The van der Waals surface area contributed by atoms with Gasteiger partial charge in [0.1, 0.15) is 17.0 Å². The SMILES string of the molecule is CC1(C(=O)NC2CCCCC2)Cn2c(cc3occc32)C(=O)N1Cc1ccc(O)cc1. The Balaban J connectivity index is 1.52. The van der Waals surface area contributed by atoms with Crippen LogP contribution >= 0.6 is 0 Å². The number of phenolic OH excluding ortho intramolecular Hbond substituents is 1. The van der Waals surface area contributed by atoms with Crippen molar-refractivity contribution in [3.8, 4) is 5.75 Å². The zero-order chi connectivity index (χ0) is 21.6. The van der Waals surface area contributed by atoms with Crippen LogP contribution in [0.5, 0.6) is 5.75 Å². The van der Waals surface area contributed by atoms with E-state index in [0.29, 0.717) is 17.8 Å². The summed E-state index contributed by atoms with van der Waals surface area (Å²) in [5.41, 5.74) is 1.79. The Labute approximate surface area is 180 Å². The number of aromatic hydroxyl groups is 1. The minimum atomic E-state index is -1.05. The standard InChI is InChI=1S/C24H27N3O4/c1-24(23(30)25-17-5-3-2-4-6-17)15-26-19-11-12-31-21(19)13-20(26)22(29)27(24)14-16-7-9-18(28)10-8-16/h7-13,17,28H,2-6,14-15H2,1H3,(H,25,30). The van der Waals surface area contributed by atoms with E-state index in [4.69, 9.17) is 4.42 Å². The lowest BCUT2D eigenvalue weighted by Crippen LogP contribution is -2.64. The van der Waals surface area contributed by atoms with Crippen LogP contribution in [0.1, 0.15) is 55.1 Å². The highest BCUT2D eigenvalue weighted by molar-refractivity contribution is 6.02. The summed E-state index contributed by atoms with van der Waals surface area (Å²) >= 11 is 0. The van der Waals surface area contributed by atoms with Crippen LogP contribution in [-0.4, -0.2) is 38.0 Å². The van der Waals surface area contributed by atoms with Crippen LogP contribution in [0.15, 0.2) is 47.1 Å². The molecule has 2 aliphatic rings. The Morgan fingerprint density at radius 1 is 1.19 bits per heavy atom. The lowest BCUT2D eigenvalue weighted by atomic mass is 9.91. The van der Waals surface area contributed by atoms with Crippen LogP contribution < -0.4 is 5.32 Å². The maximum absolute atomic E-state index is 13.6. The van der Waals surface area contributed by atoms with Crippen molar-refractivity contribution in [2.24, 2.45) is 0 Å². The van der Waals surface area contributed by atoms with Gasteiger partial charge in [-0.15, -0.1) is 0 Å². The zero-order valence-corrected chi connectivity index (χ0v) is 17.6. The van der Waals surface area contributed by atoms with E-state index in [1.165, 1.54) is 6.42 Å². The number of fused-ring (bicyclic) bond motifs is 3. The first kappa shape index (κ1) is 19.7. The van der Waals surface area contributed by atoms with E-state index in [0.717, 1.165) is 36.8 Å². The Bertz CT molecular complexity index is 1120. The highest BCUT2D eigenvalue weighted by Crippen LogP contribution is 2.34. The summed E-state index contributed by atoms with van der Waals surface area (Å²) in [4.78, 5) is 28.9. The molecule has 7 heteroatoms. The average molecular weight is 421 g/mol. The molecular formula is C24H27N3O4. The molecule has 2 amide bonds. The molecule has 1 aliphatic carbocycles. The first-order valence-corrected chi connectivity index (χ1v) is 10.9. The lowest BCUT2D eigenvalue weighted by Gasteiger charge is -2.44. The molecule has 31 heavy (non-hydrogen) atoms. The topological polar surface area (TPSA) is 87.7 Å². The monoisotopic (exact) mass is 421 g/mol. The van der Waals surface area contributed by atoms with E-state index in [9.17, 15) is 14.7 Å². The Morgan fingerprint density at radius 3 is 2.68 bits per heavy atom. The van der Waals surface area contributed by atoms with Crippen LogP contribution in [0.4, 0.5) is 0 Å². The minimum absolute atomic E-state index is 0.123.